The molecule has 4 aliphatic carbocycles. The van der Waals surface area contributed by atoms with Crippen LogP contribution in [0.15, 0.2) is 48.5 Å². The lowest BCUT2D eigenvalue weighted by Crippen LogP contribution is -2.51. The van der Waals surface area contributed by atoms with Crippen molar-refractivity contribution in [1.29, 1.82) is 0 Å². The van der Waals surface area contributed by atoms with E-state index in [1.807, 2.05) is 0 Å². The quantitative estimate of drug-likeness (QED) is 0.656. The zero-order valence-electron chi connectivity index (χ0n) is 17.6. The summed E-state index contributed by atoms with van der Waals surface area (Å²) >= 11 is 0. The van der Waals surface area contributed by atoms with Crippen molar-refractivity contribution in [2.75, 3.05) is 13.2 Å². The molecular formula is C26H28FNO3. The summed E-state index contributed by atoms with van der Waals surface area (Å²) in [6, 6.07) is 12.2. The van der Waals surface area contributed by atoms with Crippen molar-refractivity contribution in [3.63, 3.8) is 0 Å². The molecule has 4 fully saturated rings. The van der Waals surface area contributed by atoms with Crippen molar-refractivity contribution < 1.29 is 18.7 Å². The number of ketones is 1. The van der Waals surface area contributed by atoms with Gasteiger partial charge in [0.1, 0.15) is 11.6 Å². The molecule has 0 radical (unpaired) electrons. The highest BCUT2D eigenvalue weighted by atomic mass is 19.1. The second-order valence-electron chi connectivity index (χ2n) is 9.84. The van der Waals surface area contributed by atoms with Crippen LogP contribution in [0.1, 0.15) is 54.4 Å². The molecule has 0 unspecified atom stereocenters. The Morgan fingerprint density at radius 2 is 1.39 bits per heavy atom. The van der Waals surface area contributed by atoms with E-state index < -0.39 is 0 Å². The summed E-state index contributed by atoms with van der Waals surface area (Å²) in [5, 5.41) is 3.12. The number of hydrogen-bond donors (Lipinski definition) is 1. The van der Waals surface area contributed by atoms with E-state index >= 15 is 0 Å². The molecule has 31 heavy (non-hydrogen) atoms. The van der Waals surface area contributed by atoms with Crippen LogP contribution in [0.2, 0.25) is 0 Å². The predicted molar refractivity (Wildman–Crippen MR) is 115 cm³/mol. The Bertz CT molecular complexity index is 932. The van der Waals surface area contributed by atoms with Crippen LogP contribution in [-0.4, -0.2) is 24.8 Å². The zero-order valence-corrected chi connectivity index (χ0v) is 17.6. The number of halogens is 1. The first-order valence-electron chi connectivity index (χ1n) is 11.3. The van der Waals surface area contributed by atoms with E-state index in [1.165, 1.54) is 62.8 Å². The minimum atomic E-state index is -0.373. The van der Waals surface area contributed by atoms with Gasteiger partial charge in [-0.05, 0) is 110 Å². The second-order valence-corrected chi connectivity index (χ2v) is 9.84. The number of nitrogens with one attached hydrogen (secondary N) is 1. The molecule has 162 valence electrons. The Morgan fingerprint density at radius 1 is 0.871 bits per heavy atom. The lowest BCUT2D eigenvalue weighted by Gasteiger charge is -2.56. The highest BCUT2D eigenvalue weighted by Crippen LogP contribution is 2.59. The number of carbonyl (C=O) groups is 2. The first-order chi connectivity index (χ1) is 15.0. The van der Waals surface area contributed by atoms with E-state index in [1.54, 1.807) is 24.3 Å². The summed E-state index contributed by atoms with van der Waals surface area (Å²) in [6.45, 7) is 0.738. The van der Waals surface area contributed by atoms with Crippen molar-refractivity contribution in [2.45, 2.75) is 38.5 Å². The van der Waals surface area contributed by atoms with Gasteiger partial charge in [0.15, 0.2) is 12.4 Å². The molecule has 4 nitrogen and oxygen atoms in total. The first kappa shape index (κ1) is 20.2. The Labute approximate surface area is 182 Å². The fourth-order valence-electron chi connectivity index (χ4n) is 6.46. The molecule has 0 aliphatic heterocycles. The van der Waals surface area contributed by atoms with Crippen LogP contribution in [0.3, 0.4) is 0 Å². The highest BCUT2D eigenvalue weighted by Gasteiger charge is 2.50. The molecular weight excluding hydrogens is 393 g/mol. The lowest BCUT2D eigenvalue weighted by molar-refractivity contribution is -0.125. The van der Waals surface area contributed by atoms with E-state index in [2.05, 4.69) is 5.32 Å². The van der Waals surface area contributed by atoms with Crippen LogP contribution in [0.25, 0.3) is 0 Å². The number of benzene rings is 2. The molecule has 5 heteroatoms. The molecule has 0 atom stereocenters. The maximum atomic E-state index is 13.0. The maximum Gasteiger partial charge on any atom is 0.257 e. The minimum Gasteiger partial charge on any atom is -0.484 e. The molecule has 6 rings (SSSR count). The molecule has 0 saturated heterocycles. The third-order valence-electron chi connectivity index (χ3n) is 7.42. The van der Waals surface area contributed by atoms with Gasteiger partial charge in [-0.25, -0.2) is 4.39 Å². The summed E-state index contributed by atoms with van der Waals surface area (Å²) < 4.78 is 18.7. The zero-order chi connectivity index (χ0) is 21.4. The van der Waals surface area contributed by atoms with E-state index in [4.69, 9.17) is 4.74 Å². The van der Waals surface area contributed by atoms with Gasteiger partial charge in [-0.2, -0.15) is 0 Å². The van der Waals surface area contributed by atoms with E-state index in [-0.39, 0.29) is 24.1 Å². The average molecular weight is 422 g/mol. The van der Waals surface area contributed by atoms with Gasteiger partial charge in [-0.1, -0.05) is 0 Å². The number of ether oxygens (including phenoxy) is 1. The summed E-state index contributed by atoms with van der Waals surface area (Å²) in [7, 11) is 0. The fourth-order valence-corrected chi connectivity index (χ4v) is 6.46. The lowest BCUT2D eigenvalue weighted by atomic mass is 9.49. The summed E-state index contributed by atoms with van der Waals surface area (Å²) in [5.41, 5.74) is 1.23. The average Bonchev–Trinajstić information content (AvgIpc) is 2.76. The molecule has 0 heterocycles. The van der Waals surface area contributed by atoms with Gasteiger partial charge in [-0.3, -0.25) is 9.59 Å². The van der Waals surface area contributed by atoms with Crippen LogP contribution in [0.5, 0.6) is 5.75 Å². The molecule has 4 bridgehead atoms. The maximum absolute atomic E-state index is 13.0. The van der Waals surface area contributed by atoms with Crippen LogP contribution < -0.4 is 10.1 Å². The monoisotopic (exact) mass is 421 g/mol. The Balaban J connectivity index is 1.11. The molecule has 2 aromatic rings. The van der Waals surface area contributed by atoms with Crippen molar-refractivity contribution >= 4 is 11.7 Å². The number of rotatable bonds is 7. The summed E-state index contributed by atoms with van der Waals surface area (Å²) in [5.74, 6) is 2.51. The minimum absolute atomic E-state index is 0.0301. The third-order valence-corrected chi connectivity index (χ3v) is 7.42. The van der Waals surface area contributed by atoms with Crippen molar-refractivity contribution in [1.82, 2.24) is 5.32 Å². The predicted octanol–water partition coefficient (Wildman–Crippen LogP) is 4.77. The SMILES string of the molecule is O=C(COc1ccc(C(=O)c2ccc(F)cc2)cc1)NCC12CC3CC(CC(C3)C1)C2. The van der Waals surface area contributed by atoms with Crippen LogP contribution in [0, 0.1) is 29.0 Å². The standard InChI is InChI=1S/C26H28FNO3/c27-22-5-1-20(2-6-22)25(30)21-3-7-23(8-4-21)31-15-24(29)28-16-26-12-17-9-18(13-26)11-19(10-17)14-26/h1-8,17-19H,9-16H2,(H,28,29). The smallest absolute Gasteiger partial charge is 0.257 e. The van der Waals surface area contributed by atoms with Gasteiger partial charge >= 0.3 is 0 Å². The number of carbonyl (C=O) groups excluding carboxylic acids is 2. The van der Waals surface area contributed by atoms with Gasteiger partial charge < -0.3 is 10.1 Å². The molecule has 4 aliphatic rings. The molecule has 2 aromatic carbocycles. The highest BCUT2D eigenvalue weighted by molar-refractivity contribution is 6.09. The van der Waals surface area contributed by atoms with Crippen LogP contribution >= 0.6 is 0 Å². The van der Waals surface area contributed by atoms with Crippen molar-refractivity contribution in [2.24, 2.45) is 23.2 Å². The van der Waals surface area contributed by atoms with Gasteiger partial charge in [0.25, 0.3) is 5.91 Å². The molecule has 4 saturated carbocycles. The van der Waals surface area contributed by atoms with E-state index in [0.29, 0.717) is 22.3 Å². The Kier molecular flexibility index (Phi) is 5.28. The van der Waals surface area contributed by atoms with Gasteiger partial charge in [-0.15, -0.1) is 0 Å². The number of hydrogen-bond acceptors (Lipinski definition) is 3. The third kappa shape index (κ3) is 4.36. The molecule has 0 aromatic heterocycles. The van der Waals surface area contributed by atoms with Crippen molar-refractivity contribution in [3.8, 4) is 5.75 Å². The van der Waals surface area contributed by atoms with Crippen LogP contribution in [-0.2, 0) is 4.79 Å². The molecule has 0 spiro atoms. The fraction of sp³-hybridized carbons (Fsp3) is 0.462. The normalized spacial score (nSPS) is 28.4. The van der Waals surface area contributed by atoms with E-state index in [9.17, 15) is 14.0 Å². The van der Waals surface area contributed by atoms with Crippen molar-refractivity contribution in [3.05, 3.63) is 65.5 Å². The van der Waals surface area contributed by atoms with E-state index in [0.717, 1.165) is 24.3 Å². The summed E-state index contributed by atoms with van der Waals surface area (Å²) in [4.78, 5) is 24.8. The van der Waals surface area contributed by atoms with Gasteiger partial charge in [0, 0.05) is 17.7 Å². The van der Waals surface area contributed by atoms with Crippen LogP contribution in [0.4, 0.5) is 4.39 Å². The van der Waals surface area contributed by atoms with Gasteiger partial charge in [0.05, 0.1) is 0 Å². The Morgan fingerprint density at radius 3 is 1.94 bits per heavy atom. The van der Waals surface area contributed by atoms with Gasteiger partial charge in [0.2, 0.25) is 0 Å². The molecule has 1 amide bonds. The number of amides is 1. The molecule has 1 N–H and O–H groups in total. The summed E-state index contributed by atoms with van der Waals surface area (Å²) in [6.07, 6.45) is 8.00. The topological polar surface area (TPSA) is 55.4 Å². The largest absolute Gasteiger partial charge is 0.484 e. The second kappa shape index (κ2) is 8.10. The first-order valence-corrected chi connectivity index (χ1v) is 11.3. The Hall–Kier alpha value is -2.69.